The zero-order valence-electron chi connectivity index (χ0n) is 19.1. The van der Waals surface area contributed by atoms with Gasteiger partial charge in [0.15, 0.2) is 0 Å². The lowest BCUT2D eigenvalue weighted by atomic mass is 9.87. The zero-order chi connectivity index (χ0) is 22.0. The van der Waals surface area contributed by atoms with Crippen molar-refractivity contribution in [3.8, 4) is 11.1 Å². The lowest BCUT2D eigenvalue weighted by Gasteiger charge is -2.27. The predicted octanol–water partition coefficient (Wildman–Crippen LogP) is 4.84. The van der Waals surface area contributed by atoms with E-state index in [1.165, 1.54) is 31.4 Å². The van der Waals surface area contributed by atoms with Crippen LogP contribution in [0.1, 0.15) is 74.7 Å². The normalized spacial score (nSPS) is 24.5. The molecule has 2 fully saturated rings. The van der Waals surface area contributed by atoms with Gasteiger partial charge in [-0.3, -0.25) is 4.79 Å². The van der Waals surface area contributed by atoms with Crippen molar-refractivity contribution in [1.82, 2.24) is 15.2 Å². The fourth-order valence-electron chi connectivity index (χ4n) is 4.96. The van der Waals surface area contributed by atoms with Crippen molar-refractivity contribution in [1.29, 1.82) is 0 Å². The minimum atomic E-state index is -0.109. The fourth-order valence-corrected chi connectivity index (χ4v) is 4.96. The summed E-state index contributed by atoms with van der Waals surface area (Å²) in [5.74, 6) is 1.54. The van der Waals surface area contributed by atoms with Gasteiger partial charge in [0.25, 0.3) is 5.91 Å². The fraction of sp³-hybridized carbons (Fsp3) is 0.538. The molecule has 3 N–H and O–H groups in total. The maximum absolute atomic E-state index is 12.9. The van der Waals surface area contributed by atoms with Crippen molar-refractivity contribution in [3.05, 3.63) is 47.7 Å². The molecule has 1 aromatic carbocycles. The minimum absolute atomic E-state index is 0.109. The summed E-state index contributed by atoms with van der Waals surface area (Å²) in [4.78, 5) is 19.7. The highest BCUT2D eigenvalue weighted by Crippen LogP contribution is 2.31. The Morgan fingerprint density at radius 1 is 1.10 bits per heavy atom. The third-order valence-corrected chi connectivity index (χ3v) is 7.18. The molecule has 0 spiro atoms. The number of amides is 1. The molecular formula is C26H36N4O. The maximum atomic E-state index is 12.9. The van der Waals surface area contributed by atoms with E-state index in [2.05, 4.69) is 60.2 Å². The zero-order valence-corrected chi connectivity index (χ0v) is 19.1. The van der Waals surface area contributed by atoms with E-state index in [4.69, 9.17) is 5.73 Å². The highest BCUT2D eigenvalue weighted by Gasteiger charge is 2.25. The van der Waals surface area contributed by atoms with Gasteiger partial charge in [-0.25, -0.2) is 4.98 Å². The Balaban J connectivity index is 1.46. The van der Waals surface area contributed by atoms with Crippen LogP contribution in [0.5, 0.6) is 0 Å². The number of hydrogen-bond acceptors (Lipinski definition) is 4. The Morgan fingerprint density at radius 3 is 2.45 bits per heavy atom. The SMILES string of the molecule is CC1CCC(NC(=O)c2cc(-c3ccc(C4CCN(C(C)C)C4)cc3)cnc2N)CC1. The lowest BCUT2D eigenvalue weighted by molar-refractivity contribution is 0.0923. The smallest absolute Gasteiger partial charge is 0.255 e. The highest BCUT2D eigenvalue weighted by atomic mass is 16.1. The van der Waals surface area contributed by atoms with Gasteiger partial charge in [-0.15, -0.1) is 0 Å². The molecule has 0 radical (unpaired) electrons. The summed E-state index contributed by atoms with van der Waals surface area (Å²) < 4.78 is 0. The molecule has 5 heteroatoms. The standard InChI is InChI=1S/C26H36N4O/c1-17(2)30-13-12-21(16-30)19-6-8-20(9-7-19)22-14-24(25(27)28-15-22)26(31)29-23-10-4-18(3)5-11-23/h6-9,14-15,17-18,21,23H,4-5,10-13,16H2,1-3H3,(H2,27,28)(H,29,31). The summed E-state index contributed by atoms with van der Waals surface area (Å²) in [5, 5.41) is 3.17. The van der Waals surface area contributed by atoms with Crippen LogP contribution in [-0.4, -0.2) is 41.0 Å². The molecule has 166 valence electrons. The third kappa shape index (κ3) is 5.09. The van der Waals surface area contributed by atoms with Crippen LogP contribution < -0.4 is 11.1 Å². The average molecular weight is 421 g/mol. The molecule has 1 saturated carbocycles. The number of nitrogens with zero attached hydrogens (tertiary/aromatic N) is 2. The monoisotopic (exact) mass is 420 g/mol. The van der Waals surface area contributed by atoms with Gasteiger partial charge in [0.1, 0.15) is 5.82 Å². The number of hydrogen-bond donors (Lipinski definition) is 2. The Morgan fingerprint density at radius 2 is 1.81 bits per heavy atom. The Kier molecular flexibility index (Phi) is 6.61. The second-order valence-corrected chi connectivity index (χ2v) is 9.78. The summed E-state index contributed by atoms with van der Waals surface area (Å²) in [5.41, 5.74) is 9.92. The number of nitrogen functional groups attached to an aromatic ring is 1. The number of aromatic nitrogens is 1. The molecule has 4 rings (SSSR count). The molecule has 0 bridgehead atoms. The van der Waals surface area contributed by atoms with E-state index in [-0.39, 0.29) is 11.9 Å². The molecule has 1 aliphatic carbocycles. The first-order valence-electron chi connectivity index (χ1n) is 11.8. The van der Waals surface area contributed by atoms with E-state index in [1.54, 1.807) is 6.20 Å². The molecule has 1 unspecified atom stereocenters. The van der Waals surface area contributed by atoms with Crippen LogP contribution in [-0.2, 0) is 0 Å². The van der Waals surface area contributed by atoms with E-state index in [1.807, 2.05) is 6.07 Å². The van der Waals surface area contributed by atoms with Crippen molar-refractivity contribution >= 4 is 11.7 Å². The predicted molar refractivity (Wildman–Crippen MR) is 127 cm³/mol. The number of benzene rings is 1. The first-order valence-corrected chi connectivity index (χ1v) is 11.8. The first kappa shape index (κ1) is 21.8. The molecule has 2 aliphatic rings. The number of likely N-dealkylation sites (tertiary alicyclic amines) is 1. The van der Waals surface area contributed by atoms with E-state index >= 15 is 0 Å². The van der Waals surface area contributed by atoms with Crippen LogP contribution >= 0.6 is 0 Å². The molecule has 1 aromatic heterocycles. The Hall–Kier alpha value is -2.40. The van der Waals surface area contributed by atoms with E-state index < -0.39 is 0 Å². The van der Waals surface area contributed by atoms with Gasteiger partial charge in [-0.05, 0) is 81.5 Å². The Labute approximate surface area is 186 Å². The summed E-state index contributed by atoms with van der Waals surface area (Å²) in [6.45, 7) is 9.11. The number of carbonyl (C=O) groups is 1. The maximum Gasteiger partial charge on any atom is 0.255 e. The second kappa shape index (κ2) is 9.39. The molecule has 1 saturated heterocycles. The van der Waals surface area contributed by atoms with Crippen molar-refractivity contribution < 1.29 is 4.79 Å². The molecule has 1 aliphatic heterocycles. The number of nitrogens with one attached hydrogen (secondary N) is 1. The third-order valence-electron chi connectivity index (χ3n) is 7.18. The van der Waals surface area contributed by atoms with Gasteiger partial charge < -0.3 is 16.0 Å². The van der Waals surface area contributed by atoms with Gasteiger partial charge in [-0.2, -0.15) is 0 Å². The second-order valence-electron chi connectivity index (χ2n) is 9.78. The molecule has 1 atom stereocenters. The van der Waals surface area contributed by atoms with Gasteiger partial charge in [-0.1, -0.05) is 31.2 Å². The quantitative estimate of drug-likeness (QED) is 0.726. The van der Waals surface area contributed by atoms with Crippen LogP contribution in [0.15, 0.2) is 36.5 Å². The van der Waals surface area contributed by atoms with Crippen molar-refractivity contribution in [2.24, 2.45) is 5.92 Å². The number of pyridine rings is 1. The van der Waals surface area contributed by atoms with Crippen molar-refractivity contribution in [2.75, 3.05) is 18.8 Å². The number of nitrogens with two attached hydrogens (primary N) is 1. The van der Waals surface area contributed by atoms with Crippen LogP contribution in [0.3, 0.4) is 0 Å². The summed E-state index contributed by atoms with van der Waals surface area (Å²) in [6, 6.07) is 11.5. The van der Waals surface area contributed by atoms with E-state index in [0.29, 0.717) is 23.3 Å². The molecule has 2 heterocycles. The largest absolute Gasteiger partial charge is 0.383 e. The Bertz CT molecular complexity index is 900. The average Bonchev–Trinajstić information content (AvgIpc) is 3.26. The van der Waals surface area contributed by atoms with E-state index in [0.717, 1.165) is 36.4 Å². The molecule has 2 aromatic rings. The number of anilines is 1. The lowest BCUT2D eigenvalue weighted by Crippen LogP contribution is -2.37. The van der Waals surface area contributed by atoms with Gasteiger partial charge >= 0.3 is 0 Å². The topological polar surface area (TPSA) is 71.2 Å². The van der Waals surface area contributed by atoms with Crippen LogP contribution in [0.25, 0.3) is 11.1 Å². The molecule has 31 heavy (non-hydrogen) atoms. The molecule has 5 nitrogen and oxygen atoms in total. The first-order chi connectivity index (χ1) is 14.9. The van der Waals surface area contributed by atoms with E-state index in [9.17, 15) is 4.79 Å². The van der Waals surface area contributed by atoms with Crippen molar-refractivity contribution in [2.45, 2.75) is 70.9 Å². The number of rotatable bonds is 5. The van der Waals surface area contributed by atoms with Crippen LogP contribution in [0.4, 0.5) is 5.82 Å². The number of carbonyl (C=O) groups excluding carboxylic acids is 1. The minimum Gasteiger partial charge on any atom is -0.383 e. The van der Waals surface area contributed by atoms with Gasteiger partial charge in [0.2, 0.25) is 0 Å². The van der Waals surface area contributed by atoms with Gasteiger partial charge in [0, 0.05) is 30.4 Å². The summed E-state index contributed by atoms with van der Waals surface area (Å²) in [6.07, 6.45) is 7.39. The molecule has 1 amide bonds. The summed E-state index contributed by atoms with van der Waals surface area (Å²) >= 11 is 0. The molecular weight excluding hydrogens is 384 g/mol. The van der Waals surface area contributed by atoms with Crippen molar-refractivity contribution in [3.63, 3.8) is 0 Å². The summed E-state index contributed by atoms with van der Waals surface area (Å²) in [7, 11) is 0. The van der Waals surface area contributed by atoms with Gasteiger partial charge in [0.05, 0.1) is 5.56 Å². The van der Waals surface area contributed by atoms with Crippen LogP contribution in [0.2, 0.25) is 0 Å². The highest BCUT2D eigenvalue weighted by molar-refractivity contribution is 5.99. The van der Waals surface area contributed by atoms with Crippen LogP contribution in [0, 0.1) is 5.92 Å².